The minimum Gasteiger partial charge on any atom is -0.382 e. The largest absolute Gasteiger partial charge is 0.382 e. The van der Waals surface area contributed by atoms with Crippen molar-refractivity contribution in [3.05, 3.63) is 28.3 Å². The maximum atomic E-state index is 10.4. The zero-order valence-corrected chi connectivity index (χ0v) is 6.91. The first-order valence-electron chi connectivity index (χ1n) is 4.03. The molecule has 0 saturated heterocycles. The zero-order chi connectivity index (χ0) is 9.26. The highest BCUT2D eigenvalue weighted by atomic mass is 16.6. The van der Waals surface area contributed by atoms with Gasteiger partial charge in [0.25, 0.3) is 5.69 Å². The first-order valence-corrected chi connectivity index (χ1v) is 4.03. The van der Waals surface area contributed by atoms with Gasteiger partial charge in [0.2, 0.25) is 0 Å². The van der Waals surface area contributed by atoms with E-state index in [1.54, 1.807) is 12.1 Å². The molecular formula is C8H9N3O2. The first kappa shape index (κ1) is 7.85. The maximum absolute atomic E-state index is 10.4. The topological polar surface area (TPSA) is 67.2 Å². The van der Waals surface area contributed by atoms with Crippen molar-refractivity contribution in [2.24, 2.45) is 0 Å². The van der Waals surface area contributed by atoms with Gasteiger partial charge in [0, 0.05) is 25.2 Å². The number of benzene rings is 1. The smallest absolute Gasteiger partial charge is 0.271 e. The van der Waals surface area contributed by atoms with Gasteiger partial charge < -0.3 is 10.6 Å². The number of nitrogens with zero attached hydrogens (tertiary/aromatic N) is 1. The number of hydrogen-bond acceptors (Lipinski definition) is 4. The lowest BCUT2D eigenvalue weighted by molar-refractivity contribution is -0.384. The molecule has 0 aromatic heterocycles. The Bertz CT molecular complexity index is 351. The molecule has 0 fully saturated rings. The summed E-state index contributed by atoms with van der Waals surface area (Å²) in [6.45, 7) is 1.65. The van der Waals surface area contributed by atoms with Gasteiger partial charge in [-0.05, 0) is 6.07 Å². The molecule has 0 bridgehead atoms. The van der Waals surface area contributed by atoms with Crippen LogP contribution in [0.15, 0.2) is 18.2 Å². The SMILES string of the molecule is O=[N+]([O-])c1ccc2c(c1)NCCN2. The molecule has 1 aliphatic rings. The van der Waals surface area contributed by atoms with Gasteiger partial charge in [-0.25, -0.2) is 0 Å². The Hall–Kier alpha value is -1.78. The van der Waals surface area contributed by atoms with Crippen LogP contribution in [0.25, 0.3) is 0 Å². The summed E-state index contributed by atoms with van der Waals surface area (Å²) in [5.74, 6) is 0. The fourth-order valence-electron chi connectivity index (χ4n) is 1.34. The van der Waals surface area contributed by atoms with E-state index in [9.17, 15) is 10.1 Å². The number of anilines is 2. The number of fused-ring (bicyclic) bond motifs is 1. The Balaban J connectivity index is 2.40. The molecule has 0 radical (unpaired) electrons. The van der Waals surface area contributed by atoms with Crippen molar-refractivity contribution < 1.29 is 4.92 Å². The molecule has 1 aromatic rings. The minimum atomic E-state index is -0.392. The summed E-state index contributed by atoms with van der Waals surface area (Å²) in [6.07, 6.45) is 0. The Morgan fingerprint density at radius 1 is 1.23 bits per heavy atom. The van der Waals surface area contributed by atoms with E-state index in [0.29, 0.717) is 0 Å². The molecule has 1 aromatic carbocycles. The number of nitro groups is 1. The third-order valence-corrected chi connectivity index (χ3v) is 1.97. The molecule has 5 nitrogen and oxygen atoms in total. The zero-order valence-electron chi connectivity index (χ0n) is 6.91. The Morgan fingerprint density at radius 2 is 1.92 bits per heavy atom. The molecule has 1 heterocycles. The maximum Gasteiger partial charge on any atom is 0.271 e. The van der Waals surface area contributed by atoms with Crippen LogP contribution in [0.4, 0.5) is 17.1 Å². The Kier molecular flexibility index (Phi) is 1.77. The highest BCUT2D eigenvalue weighted by molar-refractivity contribution is 5.73. The lowest BCUT2D eigenvalue weighted by Gasteiger charge is -2.18. The van der Waals surface area contributed by atoms with Crippen LogP contribution in [-0.2, 0) is 0 Å². The first-order chi connectivity index (χ1) is 6.27. The van der Waals surface area contributed by atoms with Gasteiger partial charge in [0.05, 0.1) is 16.3 Å². The summed E-state index contributed by atoms with van der Waals surface area (Å²) in [5, 5.41) is 16.7. The molecule has 5 heteroatoms. The number of rotatable bonds is 1. The van der Waals surface area contributed by atoms with Crippen molar-refractivity contribution in [1.29, 1.82) is 0 Å². The normalized spacial score (nSPS) is 13.8. The molecule has 0 unspecified atom stereocenters. The molecule has 0 spiro atoms. The summed E-state index contributed by atoms with van der Waals surface area (Å²) in [7, 11) is 0. The van der Waals surface area contributed by atoms with E-state index in [-0.39, 0.29) is 5.69 Å². The van der Waals surface area contributed by atoms with Crippen LogP contribution in [-0.4, -0.2) is 18.0 Å². The second-order valence-electron chi connectivity index (χ2n) is 2.84. The van der Waals surface area contributed by atoms with Gasteiger partial charge >= 0.3 is 0 Å². The van der Waals surface area contributed by atoms with Gasteiger partial charge in [0.15, 0.2) is 0 Å². The van der Waals surface area contributed by atoms with Crippen LogP contribution in [0.1, 0.15) is 0 Å². The van der Waals surface area contributed by atoms with E-state index in [4.69, 9.17) is 0 Å². The van der Waals surface area contributed by atoms with E-state index >= 15 is 0 Å². The highest BCUT2D eigenvalue weighted by Crippen LogP contribution is 2.28. The molecule has 2 N–H and O–H groups in total. The van der Waals surface area contributed by atoms with E-state index in [2.05, 4.69) is 10.6 Å². The summed E-state index contributed by atoms with van der Waals surface area (Å²) in [5.41, 5.74) is 1.85. The number of nitro benzene ring substituents is 1. The molecule has 0 saturated carbocycles. The Labute approximate surface area is 74.9 Å². The van der Waals surface area contributed by atoms with Crippen molar-refractivity contribution in [2.75, 3.05) is 23.7 Å². The van der Waals surface area contributed by atoms with Crippen molar-refractivity contribution in [3.63, 3.8) is 0 Å². The van der Waals surface area contributed by atoms with E-state index in [1.165, 1.54) is 6.07 Å². The molecule has 0 atom stereocenters. The molecular weight excluding hydrogens is 170 g/mol. The fourth-order valence-corrected chi connectivity index (χ4v) is 1.34. The summed E-state index contributed by atoms with van der Waals surface area (Å²) in [4.78, 5) is 10.1. The van der Waals surface area contributed by atoms with Crippen LogP contribution >= 0.6 is 0 Å². The molecule has 1 aliphatic heterocycles. The third-order valence-electron chi connectivity index (χ3n) is 1.97. The number of hydrogen-bond donors (Lipinski definition) is 2. The second kappa shape index (κ2) is 2.93. The lowest BCUT2D eigenvalue weighted by atomic mass is 10.2. The van der Waals surface area contributed by atoms with Gasteiger partial charge in [-0.3, -0.25) is 10.1 Å². The average molecular weight is 179 g/mol. The van der Waals surface area contributed by atoms with Gasteiger partial charge in [-0.2, -0.15) is 0 Å². The third kappa shape index (κ3) is 1.40. The lowest BCUT2D eigenvalue weighted by Crippen LogP contribution is -2.20. The second-order valence-corrected chi connectivity index (χ2v) is 2.84. The van der Waals surface area contributed by atoms with Crippen LogP contribution in [0.3, 0.4) is 0 Å². The molecule has 68 valence electrons. The van der Waals surface area contributed by atoms with Crippen molar-refractivity contribution in [1.82, 2.24) is 0 Å². The summed E-state index contributed by atoms with van der Waals surface area (Å²) in [6, 6.07) is 4.76. The fraction of sp³-hybridized carbons (Fsp3) is 0.250. The molecule has 13 heavy (non-hydrogen) atoms. The summed E-state index contributed by atoms with van der Waals surface area (Å²) >= 11 is 0. The Morgan fingerprint density at radius 3 is 2.62 bits per heavy atom. The quantitative estimate of drug-likeness (QED) is 0.505. The van der Waals surface area contributed by atoms with Crippen molar-refractivity contribution in [3.8, 4) is 0 Å². The van der Waals surface area contributed by atoms with E-state index < -0.39 is 4.92 Å². The van der Waals surface area contributed by atoms with Gasteiger partial charge in [-0.15, -0.1) is 0 Å². The van der Waals surface area contributed by atoms with Crippen LogP contribution in [0.5, 0.6) is 0 Å². The van der Waals surface area contributed by atoms with E-state index in [1.807, 2.05) is 0 Å². The number of non-ortho nitro benzene ring substituents is 1. The molecule has 2 rings (SSSR count). The predicted molar refractivity (Wildman–Crippen MR) is 50.1 cm³/mol. The highest BCUT2D eigenvalue weighted by Gasteiger charge is 2.12. The molecule has 0 amide bonds. The van der Waals surface area contributed by atoms with Crippen LogP contribution in [0.2, 0.25) is 0 Å². The minimum absolute atomic E-state index is 0.120. The summed E-state index contributed by atoms with van der Waals surface area (Å²) < 4.78 is 0. The van der Waals surface area contributed by atoms with Gasteiger partial charge in [-0.1, -0.05) is 0 Å². The van der Waals surface area contributed by atoms with Gasteiger partial charge in [0.1, 0.15) is 0 Å². The van der Waals surface area contributed by atoms with E-state index in [0.717, 1.165) is 24.5 Å². The molecule has 0 aliphatic carbocycles. The van der Waals surface area contributed by atoms with Crippen molar-refractivity contribution in [2.45, 2.75) is 0 Å². The predicted octanol–water partition coefficient (Wildman–Crippen LogP) is 1.43. The standard InChI is InChI=1S/C8H9N3O2/c12-11(13)6-1-2-7-8(5-6)10-4-3-9-7/h1-2,5,9-10H,3-4H2. The number of nitrogens with one attached hydrogen (secondary N) is 2. The monoisotopic (exact) mass is 179 g/mol. The van der Waals surface area contributed by atoms with Crippen LogP contribution in [0, 0.1) is 10.1 Å². The average Bonchev–Trinajstić information content (AvgIpc) is 2.17. The van der Waals surface area contributed by atoms with Crippen molar-refractivity contribution >= 4 is 17.1 Å². The van der Waals surface area contributed by atoms with Crippen LogP contribution < -0.4 is 10.6 Å².